The number of carbonyl (C=O) groups is 1. The maximum Gasteiger partial charge on any atom is 0.309 e. The molecule has 0 unspecified atom stereocenters. The molecule has 1 aromatic carbocycles. The maximum atomic E-state index is 10.7. The number of carboxylic acids is 1. The molecule has 0 atom stereocenters. The lowest BCUT2D eigenvalue weighted by molar-refractivity contribution is -0.136. The topological polar surface area (TPSA) is 77.2 Å². The van der Waals surface area contributed by atoms with Gasteiger partial charge in [-0.1, -0.05) is 16.8 Å². The summed E-state index contributed by atoms with van der Waals surface area (Å²) in [5.41, 5.74) is 1.11. The highest BCUT2D eigenvalue weighted by molar-refractivity contribution is 6.32. The Bertz CT molecular complexity index is 583. The molecule has 1 heterocycles. The van der Waals surface area contributed by atoms with Gasteiger partial charge in [-0.25, -0.2) is 4.68 Å². The number of aromatic nitrogens is 3. The van der Waals surface area contributed by atoms with Crippen LogP contribution in [-0.2, 0) is 11.2 Å². The Morgan fingerprint density at radius 2 is 2.33 bits per heavy atom. The van der Waals surface area contributed by atoms with Crippen LogP contribution in [0.2, 0.25) is 5.02 Å². The number of methoxy groups -OCH3 is 1. The smallest absolute Gasteiger partial charge is 0.309 e. The molecule has 0 radical (unpaired) electrons. The Hall–Kier alpha value is -2.08. The van der Waals surface area contributed by atoms with E-state index in [1.165, 1.54) is 18.0 Å². The summed E-state index contributed by atoms with van der Waals surface area (Å²) < 4.78 is 6.47. The van der Waals surface area contributed by atoms with E-state index in [2.05, 4.69) is 10.3 Å². The first-order valence-electron chi connectivity index (χ1n) is 5.07. The van der Waals surface area contributed by atoms with Gasteiger partial charge in [0.25, 0.3) is 0 Å². The van der Waals surface area contributed by atoms with Crippen LogP contribution in [0.1, 0.15) is 5.69 Å². The molecule has 0 aliphatic rings. The number of halogens is 1. The van der Waals surface area contributed by atoms with Crippen LogP contribution in [0, 0.1) is 0 Å². The molecule has 0 spiro atoms. The van der Waals surface area contributed by atoms with Gasteiger partial charge in [0, 0.05) is 0 Å². The molecule has 0 aliphatic carbocycles. The van der Waals surface area contributed by atoms with Crippen LogP contribution in [0.25, 0.3) is 5.69 Å². The Morgan fingerprint density at radius 1 is 1.56 bits per heavy atom. The van der Waals surface area contributed by atoms with E-state index in [0.29, 0.717) is 22.2 Å². The Labute approximate surface area is 108 Å². The average molecular weight is 268 g/mol. The van der Waals surface area contributed by atoms with Crippen molar-refractivity contribution < 1.29 is 14.6 Å². The molecule has 0 bridgehead atoms. The van der Waals surface area contributed by atoms with Gasteiger partial charge in [0.05, 0.1) is 36.1 Å². The molecule has 18 heavy (non-hydrogen) atoms. The van der Waals surface area contributed by atoms with E-state index in [9.17, 15) is 4.79 Å². The van der Waals surface area contributed by atoms with Crippen molar-refractivity contribution in [1.82, 2.24) is 15.0 Å². The van der Waals surface area contributed by atoms with Gasteiger partial charge in [0.1, 0.15) is 5.75 Å². The summed E-state index contributed by atoms with van der Waals surface area (Å²) in [6.45, 7) is 0. The minimum absolute atomic E-state index is 0.156. The molecule has 0 amide bonds. The molecule has 6 nitrogen and oxygen atoms in total. The minimum atomic E-state index is -0.946. The molecule has 7 heteroatoms. The lowest BCUT2D eigenvalue weighted by atomic mass is 10.2. The molecular formula is C11H10ClN3O3. The van der Waals surface area contributed by atoms with Crippen molar-refractivity contribution in [3.05, 3.63) is 35.1 Å². The fourth-order valence-corrected chi connectivity index (χ4v) is 1.79. The summed E-state index contributed by atoms with van der Waals surface area (Å²) in [4.78, 5) is 10.7. The van der Waals surface area contributed by atoms with Crippen molar-refractivity contribution in [3.8, 4) is 11.4 Å². The van der Waals surface area contributed by atoms with E-state index >= 15 is 0 Å². The number of hydrogen-bond donors (Lipinski definition) is 1. The van der Waals surface area contributed by atoms with Gasteiger partial charge in [-0.3, -0.25) is 4.79 Å². The normalized spacial score (nSPS) is 10.3. The SMILES string of the molecule is COc1ccc(-n2nncc2CC(=O)O)cc1Cl. The van der Waals surface area contributed by atoms with Crippen LogP contribution < -0.4 is 4.74 Å². The number of ether oxygens (including phenoxy) is 1. The van der Waals surface area contributed by atoms with Crippen LogP contribution in [0.3, 0.4) is 0 Å². The summed E-state index contributed by atoms with van der Waals surface area (Å²) in [5, 5.41) is 16.7. The van der Waals surface area contributed by atoms with Gasteiger partial charge in [0.15, 0.2) is 0 Å². The van der Waals surface area contributed by atoms with Crippen LogP contribution in [0.15, 0.2) is 24.4 Å². The molecule has 1 aromatic heterocycles. The molecular weight excluding hydrogens is 258 g/mol. The quantitative estimate of drug-likeness (QED) is 0.909. The summed E-state index contributed by atoms with van der Waals surface area (Å²) >= 11 is 6.00. The zero-order valence-corrected chi connectivity index (χ0v) is 10.3. The van der Waals surface area contributed by atoms with Crippen LogP contribution >= 0.6 is 11.6 Å². The van der Waals surface area contributed by atoms with Crippen molar-refractivity contribution in [1.29, 1.82) is 0 Å². The number of nitrogens with zero attached hydrogens (tertiary/aromatic N) is 3. The number of rotatable bonds is 4. The van der Waals surface area contributed by atoms with Crippen molar-refractivity contribution in [2.24, 2.45) is 0 Å². The first-order chi connectivity index (χ1) is 8.61. The van der Waals surface area contributed by atoms with E-state index in [1.807, 2.05) is 0 Å². The van der Waals surface area contributed by atoms with Crippen molar-refractivity contribution in [2.45, 2.75) is 6.42 Å². The Kier molecular flexibility index (Phi) is 3.47. The average Bonchev–Trinajstić information content (AvgIpc) is 2.76. The maximum absolute atomic E-state index is 10.7. The highest BCUT2D eigenvalue weighted by Gasteiger charge is 2.11. The fraction of sp³-hybridized carbons (Fsp3) is 0.182. The number of carboxylic acid groups (broad SMARTS) is 1. The van der Waals surface area contributed by atoms with Gasteiger partial charge < -0.3 is 9.84 Å². The first kappa shape index (κ1) is 12.4. The second-order valence-electron chi connectivity index (χ2n) is 3.53. The highest BCUT2D eigenvalue weighted by Crippen LogP contribution is 2.26. The van der Waals surface area contributed by atoms with E-state index in [4.69, 9.17) is 21.4 Å². The predicted molar refractivity (Wildman–Crippen MR) is 64.3 cm³/mol. The molecule has 0 aliphatic heterocycles. The summed E-state index contributed by atoms with van der Waals surface area (Å²) in [6.07, 6.45) is 1.25. The predicted octanol–water partition coefficient (Wildman–Crippen LogP) is 1.56. The van der Waals surface area contributed by atoms with Crippen LogP contribution in [0.5, 0.6) is 5.75 Å². The third-order valence-electron chi connectivity index (χ3n) is 2.33. The molecule has 0 saturated heterocycles. The standard InChI is InChI=1S/C11H10ClN3O3/c1-18-10-3-2-7(4-9(10)12)15-8(5-11(16)17)6-13-14-15/h2-4,6H,5H2,1H3,(H,16,17). The van der Waals surface area contributed by atoms with Crippen molar-refractivity contribution >= 4 is 17.6 Å². The van der Waals surface area contributed by atoms with Crippen LogP contribution in [0.4, 0.5) is 0 Å². The summed E-state index contributed by atoms with van der Waals surface area (Å²) in [7, 11) is 1.52. The molecule has 1 N–H and O–H groups in total. The molecule has 2 rings (SSSR count). The molecule has 0 saturated carbocycles. The van der Waals surface area contributed by atoms with E-state index in [-0.39, 0.29) is 6.42 Å². The zero-order valence-electron chi connectivity index (χ0n) is 9.50. The monoisotopic (exact) mass is 267 g/mol. The van der Waals surface area contributed by atoms with Gasteiger partial charge in [-0.15, -0.1) is 5.10 Å². The minimum Gasteiger partial charge on any atom is -0.495 e. The lowest BCUT2D eigenvalue weighted by Crippen LogP contribution is -2.08. The number of aliphatic carboxylic acids is 1. The fourth-order valence-electron chi connectivity index (χ4n) is 1.54. The van der Waals surface area contributed by atoms with Crippen molar-refractivity contribution in [3.63, 3.8) is 0 Å². The number of hydrogen-bond acceptors (Lipinski definition) is 4. The number of benzene rings is 1. The summed E-state index contributed by atoms with van der Waals surface area (Å²) in [5.74, 6) is -0.404. The van der Waals surface area contributed by atoms with Gasteiger partial charge >= 0.3 is 5.97 Å². The van der Waals surface area contributed by atoms with Gasteiger partial charge in [0.2, 0.25) is 0 Å². The van der Waals surface area contributed by atoms with E-state index in [0.717, 1.165) is 0 Å². The second-order valence-corrected chi connectivity index (χ2v) is 3.93. The van der Waals surface area contributed by atoms with Crippen LogP contribution in [-0.4, -0.2) is 33.2 Å². The lowest BCUT2D eigenvalue weighted by Gasteiger charge is -2.07. The zero-order chi connectivity index (χ0) is 13.1. The van der Waals surface area contributed by atoms with Crippen molar-refractivity contribution in [2.75, 3.05) is 7.11 Å². The Morgan fingerprint density at radius 3 is 2.94 bits per heavy atom. The third-order valence-corrected chi connectivity index (χ3v) is 2.63. The molecule has 94 valence electrons. The highest BCUT2D eigenvalue weighted by atomic mass is 35.5. The molecule has 0 fully saturated rings. The summed E-state index contributed by atoms with van der Waals surface area (Å²) in [6, 6.07) is 5.05. The second kappa shape index (κ2) is 5.05. The van der Waals surface area contributed by atoms with E-state index in [1.54, 1.807) is 18.2 Å². The molecule has 2 aromatic rings. The van der Waals surface area contributed by atoms with Gasteiger partial charge in [-0.2, -0.15) is 0 Å². The Balaban J connectivity index is 2.40. The van der Waals surface area contributed by atoms with Gasteiger partial charge in [-0.05, 0) is 18.2 Å². The largest absolute Gasteiger partial charge is 0.495 e. The first-order valence-corrected chi connectivity index (χ1v) is 5.45. The third kappa shape index (κ3) is 2.43. The van der Waals surface area contributed by atoms with E-state index < -0.39 is 5.97 Å².